The van der Waals surface area contributed by atoms with Gasteiger partial charge in [0.05, 0.1) is 10.3 Å². The van der Waals surface area contributed by atoms with Crippen LogP contribution in [-0.4, -0.2) is 0 Å². The Morgan fingerprint density at radius 2 is 1.59 bits per heavy atom. The number of rotatable bonds is 1. The van der Waals surface area contributed by atoms with Crippen LogP contribution in [0.5, 0.6) is 0 Å². The van der Waals surface area contributed by atoms with Crippen molar-refractivity contribution in [2.45, 2.75) is 60.5 Å². The molecule has 9 rings (SSSR count). The highest BCUT2D eigenvalue weighted by molar-refractivity contribution is 7.19. The van der Waals surface area contributed by atoms with Gasteiger partial charge in [0.1, 0.15) is 22.3 Å². The molecule has 0 fully saturated rings. The smallest absolute Gasteiger partial charge is 0.417 e. The van der Waals surface area contributed by atoms with Gasteiger partial charge in [0.15, 0.2) is 18.0 Å². The Kier molecular flexibility index (Phi) is 4.63. The molecule has 1 spiro atoms. The SMILES string of the molecule is [2H]C([2H])(c1cc[n+]2c(c1)-c1c(ccc3c1oc1c3ccc3cc(C)sc31)C21c2cc(C)ccc2-c2cc(C)c(C)c[n+]21)C(C)(C)C. The summed E-state index contributed by atoms with van der Waals surface area (Å²) in [6.07, 6.45) is 2.87. The summed E-state index contributed by atoms with van der Waals surface area (Å²) in [6, 6.07) is 24.4. The van der Waals surface area contributed by atoms with E-state index in [1.807, 2.05) is 26.8 Å². The summed E-state index contributed by atoms with van der Waals surface area (Å²) in [5.74, 6) is 0. The fourth-order valence-corrected chi connectivity index (χ4v) is 8.73. The Labute approximate surface area is 264 Å². The molecule has 0 saturated carbocycles. The molecule has 1 unspecified atom stereocenters. The monoisotopic (exact) mass is 594 g/mol. The minimum atomic E-state index is -1.55. The fraction of sp³-hybridized carbons (Fsp3) is 0.250. The predicted molar refractivity (Wildman–Crippen MR) is 180 cm³/mol. The molecule has 0 radical (unpaired) electrons. The van der Waals surface area contributed by atoms with Crippen molar-refractivity contribution in [1.82, 2.24) is 0 Å². The summed E-state index contributed by atoms with van der Waals surface area (Å²) in [5, 5.41) is 3.40. The van der Waals surface area contributed by atoms with Gasteiger partial charge in [-0.2, -0.15) is 0 Å². The van der Waals surface area contributed by atoms with E-state index in [4.69, 9.17) is 4.42 Å². The first-order chi connectivity index (χ1) is 21.8. The van der Waals surface area contributed by atoms with Gasteiger partial charge in [0.2, 0.25) is 11.4 Å². The second-order valence-corrected chi connectivity index (χ2v) is 15.1. The highest BCUT2D eigenvalue weighted by Crippen LogP contribution is 2.51. The third-order valence-corrected chi connectivity index (χ3v) is 10.7. The van der Waals surface area contributed by atoms with Gasteiger partial charge in [0, 0.05) is 42.2 Å². The van der Waals surface area contributed by atoms with E-state index in [1.165, 1.54) is 48.5 Å². The van der Waals surface area contributed by atoms with Crippen LogP contribution in [0, 0.1) is 33.1 Å². The van der Waals surface area contributed by atoms with Crippen LogP contribution in [0.1, 0.15) is 61.8 Å². The minimum absolute atomic E-state index is 0.591. The zero-order valence-corrected chi connectivity index (χ0v) is 27.0. The van der Waals surface area contributed by atoms with Gasteiger partial charge in [-0.25, -0.2) is 0 Å². The van der Waals surface area contributed by atoms with Crippen molar-refractivity contribution in [3.05, 3.63) is 117 Å². The van der Waals surface area contributed by atoms with Gasteiger partial charge in [-0.05, 0) is 92.4 Å². The van der Waals surface area contributed by atoms with Gasteiger partial charge < -0.3 is 4.42 Å². The average molecular weight is 595 g/mol. The van der Waals surface area contributed by atoms with E-state index in [1.54, 1.807) is 11.3 Å². The molecular formula is C40H36N2OS+2. The van der Waals surface area contributed by atoms with Crippen LogP contribution < -0.4 is 9.13 Å². The number of furan rings is 1. The van der Waals surface area contributed by atoms with Crippen molar-refractivity contribution in [3.63, 3.8) is 0 Å². The van der Waals surface area contributed by atoms with Crippen molar-refractivity contribution >= 4 is 43.4 Å². The summed E-state index contributed by atoms with van der Waals surface area (Å²) in [7, 11) is 0. The number of fused-ring (bicyclic) bond motifs is 16. The fourth-order valence-electron chi connectivity index (χ4n) is 7.73. The van der Waals surface area contributed by atoms with Crippen LogP contribution in [0.2, 0.25) is 0 Å². The molecule has 1 atom stereocenters. The maximum Gasteiger partial charge on any atom is 0.417 e. The van der Waals surface area contributed by atoms with Crippen LogP contribution in [0.3, 0.4) is 0 Å². The number of aryl methyl sites for hydroxylation is 4. The first kappa shape index (κ1) is 24.1. The van der Waals surface area contributed by atoms with Crippen molar-refractivity contribution in [3.8, 4) is 22.5 Å². The molecule has 0 bridgehead atoms. The number of benzene rings is 3. The number of hydrogen-bond acceptors (Lipinski definition) is 2. The van der Waals surface area contributed by atoms with Crippen LogP contribution in [0.15, 0.2) is 83.5 Å². The average Bonchev–Trinajstić information content (AvgIpc) is 3.72. The van der Waals surface area contributed by atoms with Gasteiger partial charge in [0.25, 0.3) is 0 Å². The number of nitrogens with zero attached hydrogens (tertiary/aromatic N) is 2. The van der Waals surface area contributed by atoms with Crippen molar-refractivity contribution in [1.29, 1.82) is 0 Å². The zero-order valence-electron chi connectivity index (χ0n) is 28.2. The molecule has 3 aromatic carbocycles. The Hall–Kier alpha value is -4.28. The lowest BCUT2D eigenvalue weighted by molar-refractivity contribution is -0.955. The topological polar surface area (TPSA) is 20.9 Å². The van der Waals surface area contributed by atoms with E-state index in [-0.39, 0.29) is 0 Å². The van der Waals surface area contributed by atoms with Gasteiger partial charge >= 0.3 is 5.66 Å². The van der Waals surface area contributed by atoms with Crippen LogP contribution in [0.25, 0.3) is 54.5 Å². The largest absolute Gasteiger partial charge is 0.454 e. The molecule has 6 heterocycles. The van der Waals surface area contributed by atoms with Crippen LogP contribution in [0.4, 0.5) is 0 Å². The molecule has 0 N–H and O–H groups in total. The summed E-state index contributed by atoms with van der Waals surface area (Å²) in [5.41, 5.74) is 11.6. The molecule has 0 amide bonds. The molecule has 0 saturated heterocycles. The molecule has 216 valence electrons. The van der Waals surface area contributed by atoms with Gasteiger partial charge in [-0.1, -0.05) is 38.5 Å². The zero-order chi connectivity index (χ0) is 32.1. The number of aromatic nitrogens is 2. The Balaban J connectivity index is 1.48. The Bertz CT molecular complexity index is 2500. The van der Waals surface area contributed by atoms with E-state index >= 15 is 0 Å². The highest BCUT2D eigenvalue weighted by atomic mass is 32.1. The van der Waals surface area contributed by atoms with Gasteiger partial charge in [-0.15, -0.1) is 20.5 Å². The molecule has 44 heavy (non-hydrogen) atoms. The third-order valence-electron chi connectivity index (χ3n) is 9.60. The highest BCUT2D eigenvalue weighted by Gasteiger charge is 2.67. The molecule has 2 aliphatic rings. The first-order valence-electron chi connectivity index (χ1n) is 16.4. The predicted octanol–water partition coefficient (Wildman–Crippen LogP) is 9.46. The summed E-state index contributed by atoms with van der Waals surface area (Å²) in [6.45, 7) is 14.6. The van der Waals surface area contributed by atoms with Gasteiger partial charge in [-0.3, -0.25) is 0 Å². The second-order valence-electron chi connectivity index (χ2n) is 13.8. The van der Waals surface area contributed by atoms with Crippen LogP contribution >= 0.6 is 11.3 Å². The third kappa shape index (κ3) is 3.27. The molecule has 4 heteroatoms. The van der Waals surface area contributed by atoms with E-state index in [0.29, 0.717) is 5.56 Å². The van der Waals surface area contributed by atoms with Crippen LogP contribution in [-0.2, 0) is 12.0 Å². The summed E-state index contributed by atoms with van der Waals surface area (Å²) >= 11 is 1.78. The number of hydrogen-bond donors (Lipinski definition) is 0. The van der Waals surface area contributed by atoms with Crippen molar-refractivity contribution in [2.75, 3.05) is 0 Å². The lowest BCUT2D eigenvalue weighted by atomic mass is 9.87. The summed E-state index contributed by atoms with van der Waals surface area (Å²) < 4.78 is 31.5. The molecule has 2 aliphatic heterocycles. The molecule has 7 aromatic rings. The van der Waals surface area contributed by atoms with E-state index < -0.39 is 17.5 Å². The standard InChI is InChI=1S/C40H36N2OS/c1-22-8-10-30-32(16-22)40(42-21-24(3)23(2)17-33(30)42)31-13-12-28-29-11-9-27-18-25(4)44-38(27)37(29)43-36(28)35(31)34-19-26(14-15-41(34)40)20-39(5,6)7/h8-19,21H,20H2,1-7H3/q+2/i20D2. The first-order valence-corrected chi connectivity index (χ1v) is 16.2. The minimum Gasteiger partial charge on any atom is -0.454 e. The van der Waals surface area contributed by atoms with E-state index in [9.17, 15) is 2.74 Å². The molecule has 0 aliphatic carbocycles. The van der Waals surface area contributed by atoms with Crippen molar-refractivity contribution in [2.24, 2.45) is 5.41 Å². The lowest BCUT2D eigenvalue weighted by Crippen LogP contribution is -2.71. The van der Waals surface area contributed by atoms with Crippen molar-refractivity contribution < 1.29 is 16.3 Å². The molecule has 3 nitrogen and oxygen atoms in total. The summed E-state index contributed by atoms with van der Waals surface area (Å²) in [4.78, 5) is 1.26. The number of pyridine rings is 2. The second kappa shape index (κ2) is 8.46. The Morgan fingerprint density at radius 1 is 0.795 bits per heavy atom. The quantitative estimate of drug-likeness (QED) is 0.173. The molecular weight excluding hydrogens is 557 g/mol. The maximum atomic E-state index is 9.25. The normalized spacial score (nSPS) is 17.7. The van der Waals surface area contributed by atoms with E-state index in [2.05, 4.69) is 110 Å². The van der Waals surface area contributed by atoms with E-state index in [0.717, 1.165) is 38.8 Å². The Morgan fingerprint density at radius 3 is 2.41 bits per heavy atom. The number of thiophene rings is 1. The lowest BCUT2D eigenvalue weighted by Gasteiger charge is -2.19. The molecule has 4 aromatic heterocycles. The maximum absolute atomic E-state index is 9.25.